The average Bonchev–Trinajstić information content (AvgIpc) is 2.42. The zero-order valence-electron chi connectivity index (χ0n) is 6.43. The molecule has 1 aromatic carbocycles. The van der Waals surface area contributed by atoms with E-state index in [2.05, 4.69) is 4.98 Å². The number of non-ortho nitro benzene ring substituents is 1. The lowest BCUT2D eigenvalue weighted by molar-refractivity contribution is -0.384. The number of nitrogens with zero attached hydrogens (tertiary/aromatic N) is 2. The van der Waals surface area contributed by atoms with Crippen molar-refractivity contribution < 1.29 is 4.92 Å². The van der Waals surface area contributed by atoms with Gasteiger partial charge in [-0.2, -0.15) is 0 Å². The minimum absolute atomic E-state index is 0.0396. The third kappa shape index (κ3) is 1.31. The molecule has 0 amide bonds. The van der Waals surface area contributed by atoms with Gasteiger partial charge in [-0.15, -0.1) is 0 Å². The number of anilines is 1. The topological polar surface area (TPSA) is 82.0 Å². The third-order valence-corrected chi connectivity index (χ3v) is 2.46. The van der Waals surface area contributed by atoms with E-state index >= 15 is 0 Å². The van der Waals surface area contributed by atoms with Crippen LogP contribution < -0.4 is 5.73 Å². The summed E-state index contributed by atoms with van der Waals surface area (Å²) in [5.74, 6) is 0. The molecule has 0 atom stereocenters. The fourth-order valence-corrected chi connectivity index (χ4v) is 1.76. The van der Waals surface area contributed by atoms with Gasteiger partial charge in [0.05, 0.1) is 15.1 Å². The number of nitrogen functional groups attached to an aromatic ring is 1. The Balaban J connectivity index is 2.67. The molecule has 0 aliphatic heterocycles. The van der Waals surface area contributed by atoms with Crippen LogP contribution in [-0.2, 0) is 0 Å². The molecule has 2 N–H and O–H groups in total. The maximum atomic E-state index is 10.4. The number of nitro groups is 1. The van der Waals surface area contributed by atoms with Crippen molar-refractivity contribution in [2.45, 2.75) is 0 Å². The molecule has 2 rings (SSSR count). The van der Waals surface area contributed by atoms with Crippen LogP contribution in [0.2, 0.25) is 0 Å². The number of hydrogen-bond donors (Lipinski definition) is 1. The summed E-state index contributed by atoms with van der Waals surface area (Å²) in [7, 11) is 0. The summed E-state index contributed by atoms with van der Waals surface area (Å²) in [6.07, 6.45) is 0. The lowest BCUT2D eigenvalue weighted by Gasteiger charge is -1.88. The van der Waals surface area contributed by atoms with E-state index < -0.39 is 4.92 Å². The Hall–Kier alpha value is -1.69. The molecule has 1 heterocycles. The molecule has 5 nitrogen and oxygen atoms in total. The fourth-order valence-electron chi connectivity index (χ4n) is 1.05. The molecule has 0 radical (unpaired) electrons. The summed E-state index contributed by atoms with van der Waals surface area (Å²) >= 11 is 1.32. The molecular weight excluding hydrogens is 190 g/mol. The van der Waals surface area contributed by atoms with Crippen molar-refractivity contribution in [1.29, 1.82) is 0 Å². The van der Waals surface area contributed by atoms with Crippen LogP contribution in [0, 0.1) is 10.1 Å². The van der Waals surface area contributed by atoms with E-state index in [1.807, 2.05) is 0 Å². The molecule has 0 saturated carbocycles. The van der Waals surface area contributed by atoms with Gasteiger partial charge < -0.3 is 5.73 Å². The Kier molecular flexibility index (Phi) is 1.63. The van der Waals surface area contributed by atoms with Gasteiger partial charge in [-0.25, -0.2) is 4.98 Å². The molecule has 0 saturated heterocycles. The van der Waals surface area contributed by atoms with Gasteiger partial charge in [0.2, 0.25) is 0 Å². The Morgan fingerprint density at radius 2 is 2.31 bits per heavy atom. The first-order chi connectivity index (χ1) is 6.16. The Labute approximate surface area is 77.0 Å². The molecule has 1 aromatic heterocycles. The Bertz CT molecular complexity index is 480. The van der Waals surface area contributed by atoms with Crippen LogP contribution in [0.5, 0.6) is 0 Å². The molecule has 66 valence electrons. The summed E-state index contributed by atoms with van der Waals surface area (Å²) in [6, 6.07) is 4.52. The van der Waals surface area contributed by atoms with Gasteiger partial charge in [-0.05, 0) is 6.07 Å². The highest BCUT2D eigenvalue weighted by atomic mass is 32.1. The van der Waals surface area contributed by atoms with Crippen LogP contribution in [0.15, 0.2) is 18.2 Å². The maximum absolute atomic E-state index is 10.4. The lowest BCUT2D eigenvalue weighted by Crippen LogP contribution is -1.86. The van der Waals surface area contributed by atoms with Crippen LogP contribution >= 0.6 is 11.3 Å². The van der Waals surface area contributed by atoms with E-state index in [4.69, 9.17) is 5.73 Å². The Morgan fingerprint density at radius 1 is 1.54 bits per heavy atom. The van der Waals surface area contributed by atoms with E-state index in [0.29, 0.717) is 10.6 Å². The van der Waals surface area contributed by atoms with Gasteiger partial charge in [0.25, 0.3) is 5.69 Å². The third-order valence-electron chi connectivity index (χ3n) is 1.60. The first-order valence-electron chi connectivity index (χ1n) is 3.47. The summed E-state index contributed by atoms with van der Waals surface area (Å²) in [6.45, 7) is 0. The fraction of sp³-hybridized carbons (Fsp3) is 0. The summed E-state index contributed by atoms with van der Waals surface area (Å²) < 4.78 is 0.864. The molecule has 6 heteroatoms. The maximum Gasteiger partial charge on any atom is 0.271 e. The molecule has 0 bridgehead atoms. The second-order valence-corrected chi connectivity index (χ2v) is 3.52. The monoisotopic (exact) mass is 195 g/mol. The Morgan fingerprint density at radius 3 is 3.00 bits per heavy atom. The average molecular weight is 195 g/mol. The molecule has 13 heavy (non-hydrogen) atoms. The second-order valence-electron chi connectivity index (χ2n) is 2.46. The SMILES string of the molecule is Nc1nc2cc([N+](=O)[O-])ccc2s1. The summed E-state index contributed by atoms with van der Waals surface area (Å²) in [4.78, 5) is 13.9. The zero-order valence-corrected chi connectivity index (χ0v) is 7.25. The number of aromatic nitrogens is 1. The van der Waals surface area contributed by atoms with Crippen LogP contribution in [0.25, 0.3) is 10.2 Å². The molecule has 0 fully saturated rings. The molecular formula is C7H5N3O2S. The second kappa shape index (κ2) is 2.67. The highest BCUT2D eigenvalue weighted by molar-refractivity contribution is 7.22. The lowest BCUT2D eigenvalue weighted by atomic mass is 10.3. The standard InChI is InChI=1S/C7H5N3O2S/c8-7-9-5-3-4(10(11)12)1-2-6(5)13-7/h1-3H,(H2,8,9). The number of nitro benzene ring substituents is 1. The molecule has 0 aliphatic carbocycles. The largest absolute Gasteiger partial charge is 0.375 e. The molecule has 2 aromatic rings. The van der Waals surface area contributed by atoms with Gasteiger partial charge >= 0.3 is 0 Å². The highest BCUT2D eigenvalue weighted by Gasteiger charge is 2.08. The van der Waals surface area contributed by atoms with Crippen molar-refractivity contribution >= 4 is 32.4 Å². The predicted octanol–water partition coefficient (Wildman–Crippen LogP) is 1.79. The van der Waals surface area contributed by atoms with Gasteiger partial charge in [0, 0.05) is 12.1 Å². The summed E-state index contributed by atoms with van der Waals surface area (Å²) in [5.41, 5.74) is 6.07. The van der Waals surface area contributed by atoms with Gasteiger partial charge in [-0.1, -0.05) is 11.3 Å². The van der Waals surface area contributed by atoms with Crippen LogP contribution in [0.1, 0.15) is 0 Å². The highest BCUT2D eigenvalue weighted by Crippen LogP contribution is 2.26. The number of hydrogen-bond acceptors (Lipinski definition) is 5. The van der Waals surface area contributed by atoms with E-state index in [9.17, 15) is 10.1 Å². The minimum atomic E-state index is -0.449. The molecule has 0 aliphatic rings. The van der Waals surface area contributed by atoms with Gasteiger partial charge in [0.1, 0.15) is 0 Å². The van der Waals surface area contributed by atoms with E-state index in [-0.39, 0.29) is 5.69 Å². The quantitative estimate of drug-likeness (QED) is 0.555. The zero-order chi connectivity index (χ0) is 9.42. The van der Waals surface area contributed by atoms with Crippen molar-refractivity contribution in [1.82, 2.24) is 4.98 Å². The number of fused-ring (bicyclic) bond motifs is 1. The van der Waals surface area contributed by atoms with Crippen LogP contribution in [-0.4, -0.2) is 9.91 Å². The van der Waals surface area contributed by atoms with E-state index in [0.717, 1.165) is 4.70 Å². The van der Waals surface area contributed by atoms with E-state index in [1.165, 1.54) is 23.5 Å². The van der Waals surface area contributed by atoms with Crippen LogP contribution in [0.3, 0.4) is 0 Å². The predicted molar refractivity (Wildman–Crippen MR) is 50.7 cm³/mol. The summed E-state index contributed by atoms with van der Waals surface area (Å²) in [5, 5.41) is 10.8. The number of thiazole rings is 1. The first-order valence-corrected chi connectivity index (χ1v) is 4.29. The van der Waals surface area contributed by atoms with Crippen molar-refractivity contribution in [3.63, 3.8) is 0 Å². The number of rotatable bonds is 1. The minimum Gasteiger partial charge on any atom is -0.375 e. The van der Waals surface area contributed by atoms with E-state index in [1.54, 1.807) is 6.07 Å². The van der Waals surface area contributed by atoms with Crippen molar-refractivity contribution in [2.75, 3.05) is 5.73 Å². The van der Waals surface area contributed by atoms with Crippen molar-refractivity contribution in [2.24, 2.45) is 0 Å². The van der Waals surface area contributed by atoms with Gasteiger partial charge in [-0.3, -0.25) is 10.1 Å². The first kappa shape index (κ1) is 7.93. The number of benzene rings is 1. The van der Waals surface area contributed by atoms with Crippen molar-refractivity contribution in [3.8, 4) is 0 Å². The van der Waals surface area contributed by atoms with Crippen molar-refractivity contribution in [3.05, 3.63) is 28.3 Å². The molecule has 0 unspecified atom stereocenters. The molecule has 0 spiro atoms. The number of nitrogens with two attached hydrogens (primary N) is 1. The smallest absolute Gasteiger partial charge is 0.271 e. The van der Waals surface area contributed by atoms with Crippen LogP contribution in [0.4, 0.5) is 10.8 Å². The van der Waals surface area contributed by atoms with Gasteiger partial charge in [0.15, 0.2) is 5.13 Å². The normalized spacial score (nSPS) is 10.5.